The Kier molecular flexibility index (Phi) is 9.06. The van der Waals surface area contributed by atoms with Crippen molar-refractivity contribution < 1.29 is 24.4 Å². The standard InChI is InChI=1S/C26H30O5/c1-29-23-14-12-20(13-15-23)16-24(30-18-21-8-4-2-5-9-21)26(28)25(17-27)31-19-22-10-6-3-7-11-22/h2-15,24-28H,16-19H2,1H3/t24-,25-,26-/m1/s1. The fraction of sp³-hybridized carbons (Fsp3) is 0.308. The van der Waals surface area contributed by atoms with Crippen LogP contribution in [0.5, 0.6) is 5.75 Å². The van der Waals surface area contributed by atoms with Gasteiger partial charge in [0.05, 0.1) is 33.0 Å². The first kappa shape index (κ1) is 23.0. The van der Waals surface area contributed by atoms with Crippen molar-refractivity contribution in [1.29, 1.82) is 0 Å². The van der Waals surface area contributed by atoms with Gasteiger partial charge >= 0.3 is 0 Å². The van der Waals surface area contributed by atoms with Crippen molar-refractivity contribution in [3.8, 4) is 5.75 Å². The van der Waals surface area contributed by atoms with Crippen LogP contribution >= 0.6 is 0 Å². The van der Waals surface area contributed by atoms with Gasteiger partial charge in [0.2, 0.25) is 0 Å². The molecule has 0 bridgehead atoms. The highest BCUT2D eigenvalue weighted by atomic mass is 16.5. The van der Waals surface area contributed by atoms with Crippen molar-refractivity contribution in [3.05, 3.63) is 102 Å². The molecule has 31 heavy (non-hydrogen) atoms. The number of rotatable bonds is 12. The molecule has 0 radical (unpaired) electrons. The predicted molar refractivity (Wildman–Crippen MR) is 120 cm³/mol. The molecule has 5 heteroatoms. The molecule has 3 aromatic rings. The van der Waals surface area contributed by atoms with E-state index in [-0.39, 0.29) is 6.61 Å². The smallest absolute Gasteiger partial charge is 0.118 e. The summed E-state index contributed by atoms with van der Waals surface area (Å²) in [6, 6.07) is 27.2. The minimum Gasteiger partial charge on any atom is -0.497 e. The molecule has 0 spiro atoms. The van der Waals surface area contributed by atoms with Gasteiger partial charge < -0.3 is 24.4 Å². The first-order valence-electron chi connectivity index (χ1n) is 10.4. The van der Waals surface area contributed by atoms with Gasteiger partial charge in [0.25, 0.3) is 0 Å². The number of ether oxygens (including phenoxy) is 3. The zero-order chi connectivity index (χ0) is 21.9. The quantitative estimate of drug-likeness (QED) is 0.465. The summed E-state index contributed by atoms with van der Waals surface area (Å²) in [4.78, 5) is 0. The van der Waals surface area contributed by atoms with E-state index in [4.69, 9.17) is 14.2 Å². The highest BCUT2D eigenvalue weighted by Crippen LogP contribution is 2.19. The Bertz CT molecular complexity index is 867. The maximum Gasteiger partial charge on any atom is 0.118 e. The summed E-state index contributed by atoms with van der Waals surface area (Å²) in [7, 11) is 1.63. The number of benzene rings is 3. The Hall–Kier alpha value is -2.70. The second-order valence-corrected chi connectivity index (χ2v) is 7.40. The van der Waals surface area contributed by atoms with Crippen molar-refractivity contribution in [2.24, 2.45) is 0 Å². The molecule has 0 saturated heterocycles. The fourth-order valence-electron chi connectivity index (χ4n) is 3.33. The van der Waals surface area contributed by atoms with E-state index >= 15 is 0 Å². The number of methoxy groups -OCH3 is 1. The van der Waals surface area contributed by atoms with E-state index in [1.165, 1.54) is 0 Å². The molecule has 0 amide bonds. The van der Waals surface area contributed by atoms with Gasteiger partial charge in [-0.2, -0.15) is 0 Å². The van der Waals surface area contributed by atoms with Gasteiger partial charge in [0.15, 0.2) is 0 Å². The summed E-state index contributed by atoms with van der Waals surface area (Å²) < 4.78 is 17.2. The summed E-state index contributed by atoms with van der Waals surface area (Å²) in [5.41, 5.74) is 2.99. The third kappa shape index (κ3) is 7.19. The highest BCUT2D eigenvalue weighted by Gasteiger charge is 2.29. The highest BCUT2D eigenvalue weighted by molar-refractivity contribution is 5.27. The van der Waals surface area contributed by atoms with Gasteiger partial charge in [0.1, 0.15) is 18.0 Å². The zero-order valence-electron chi connectivity index (χ0n) is 17.8. The molecule has 0 aliphatic carbocycles. The summed E-state index contributed by atoms with van der Waals surface area (Å²) in [5, 5.41) is 20.9. The average molecular weight is 423 g/mol. The molecule has 2 N–H and O–H groups in total. The first-order chi connectivity index (χ1) is 15.2. The molecule has 0 unspecified atom stereocenters. The average Bonchev–Trinajstić information content (AvgIpc) is 2.83. The third-order valence-corrected chi connectivity index (χ3v) is 5.15. The lowest BCUT2D eigenvalue weighted by molar-refractivity contribution is -0.132. The summed E-state index contributed by atoms with van der Waals surface area (Å²) >= 11 is 0. The van der Waals surface area contributed by atoms with Crippen LogP contribution in [-0.2, 0) is 29.1 Å². The second-order valence-electron chi connectivity index (χ2n) is 7.40. The maximum atomic E-state index is 11.1. The first-order valence-corrected chi connectivity index (χ1v) is 10.4. The van der Waals surface area contributed by atoms with Crippen LogP contribution in [0.4, 0.5) is 0 Å². The Morgan fingerprint density at radius 3 is 1.68 bits per heavy atom. The second kappa shape index (κ2) is 12.2. The Balaban J connectivity index is 1.69. The fourth-order valence-corrected chi connectivity index (χ4v) is 3.33. The summed E-state index contributed by atoms with van der Waals surface area (Å²) in [5.74, 6) is 0.769. The number of hydrogen-bond donors (Lipinski definition) is 2. The Morgan fingerprint density at radius 1 is 0.677 bits per heavy atom. The van der Waals surface area contributed by atoms with E-state index < -0.39 is 18.3 Å². The van der Waals surface area contributed by atoms with Crippen molar-refractivity contribution in [2.45, 2.75) is 37.9 Å². The molecule has 0 aromatic heterocycles. The summed E-state index contributed by atoms with van der Waals surface area (Å²) in [6.07, 6.45) is -1.84. The van der Waals surface area contributed by atoms with E-state index in [0.717, 1.165) is 22.4 Å². The molecule has 0 fully saturated rings. The van der Waals surface area contributed by atoms with E-state index in [1.54, 1.807) is 7.11 Å². The van der Waals surface area contributed by atoms with Crippen molar-refractivity contribution in [1.82, 2.24) is 0 Å². The van der Waals surface area contributed by atoms with Gasteiger partial charge in [-0.15, -0.1) is 0 Å². The molecular weight excluding hydrogens is 392 g/mol. The molecule has 0 heterocycles. The van der Waals surface area contributed by atoms with Crippen LogP contribution in [-0.4, -0.2) is 42.2 Å². The Labute approximate surface area is 183 Å². The third-order valence-electron chi connectivity index (χ3n) is 5.15. The van der Waals surface area contributed by atoms with Crippen LogP contribution in [0.2, 0.25) is 0 Å². The van der Waals surface area contributed by atoms with Gasteiger partial charge in [-0.25, -0.2) is 0 Å². The van der Waals surface area contributed by atoms with Gasteiger partial charge in [0, 0.05) is 6.42 Å². The van der Waals surface area contributed by atoms with Crippen molar-refractivity contribution in [3.63, 3.8) is 0 Å². The van der Waals surface area contributed by atoms with Crippen LogP contribution in [0.3, 0.4) is 0 Å². The van der Waals surface area contributed by atoms with Crippen LogP contribution < -0.4 is 4.74 Å². The molecule has 0 saturated carbocycles. The van der Waals surface area contributed by atoms with Gasteiger partial charge in [-0.3, -0.25) is 0 Å². The van der Waals surface area contributed by atoms with Crippen molar-refractivity contribution >= 4 is 0 Å². The number of hydrogen-bond acceptors (Lipinski definition) is 5. The van der Waals surface area contributed by atoms with Gasteiger partial charge in [-0.1, -0.05) is 72.8 Å². The topological polar surface area (TPSA) is 68.2 Å². The minimum absolute atomic E-state index is 0.303. The van der Waals surface area contributed by atoms with E-state index in [9.17, 15) is 10.2 Å². The largest absolute Gasteiger partial charge is 0.497 e. The normalized spacial score (nSPS) is 14.0. The minimum atomic E-state index is -1.00. The molecule has 0 aliphatic heterocycles. The van der Waals surface area contributed by atoms with Crippen LogP contribution in [0, 0.1) is 0 Å². The van der Waals surface area contributed by atoms with Crippen LogP contribution in [0.25, 0.3) is 0 Å². The molecule has 3 atom stereocenters. The molecule has 0 aliphatic rings. The van der Waals surface area contributed by atoms with E-state index in [1.807, 2.05) is 84.9 Å². The number of aliphatic hydroxyl groups is 2. The molecule has 3 aromatic carbocycles. The SMILES string of the molecule is COc1ccc(C[C@@H](OCc2ccccc2)[C@@H](O)[C@@H](CO)OCc2ccccc2)cc1. The predicted octanol–water partition coefficient (Wildman–Crippen LogP) is 3.76. The maximum absolute atomic E-state index is 11.1. The lowest BCUT2D eigenvalue weighted by Gasteiger charge is -2.29. The Morgan fingerprint density at radius 2 is 1.19 bits per heavy atom. The summed E-state index contributed by atoms with van der Waals surface area (Å²) in [6.45, 7) is 0.356. The monoisotopic (exact) mass is 422 g/mol. The lowest BCUT2D eigenvalue weighted by Crippen LogP contribution is -2.43. The molecule has 164 valence electrons. The van der Waals surface area contributed by atoms with Crippen LogP contribution in [0.15, 0.2) is 84.9 Å². The van der Waals surface area contributed by atoms with Crippen molar-refractivity contribution in [2.75, 3.05) is 13.7 Å². The van der Waals surface area contributed by atoms with Gasteiger partial charge in [-0.05, 0) is 28.8 Å². The number of aliphatic hydroxyl groups excluding tert-OH is 2. The van der Waals surface area contributed by atoms with E-state index in [0.29, 0.717) is 19.6 Å². The van der Waals surface area contributed by atoms with E-state index in [2.05, 4.69) is 0 Å². The molecular formula is C26H30O5. The molecule has 5 nitrogen and oxygen atoms in total. The zero-order valence-corrected chi connectivity index (χ0v) is 17.8. The lowest BCUT2D eigenvalue weighted by atomic mass is 10.00. The molecule has 3 rings (SSSR count). The van der Waals surface area contributed by atoms with Crippen LogP contribution in [0.1, 0.15) is 16.7 Å².